The summed E-state index contributed by atoms with van der Waals surface area (Å²) in [6.45, 7) is 12.2. The van der Waals surface area contributed by atoms with Crippen LogP contribution in [0, 0.1) is 0 Å². The highest BCUT2D eigenvalue weighted by Crippen LogP contribution is 2.16. The molecule has 1 aliphatic rings. The topological polar surface area (TPSA) is 67.6 Å². The minimum atomic E-state index is -0.735. The Labute approximate surface area is 116 Å². The molecule has 0 bridgehead atoms. The minimum absolute atomic E-state index is 0.0427. The molecule has 3 N–H and O–H groups in total. The number of nitrogens with zero attached hydrogens (tertiary/aromatic N) is 1. The molecule has 0 aromatic carbocycles. The van der Waals surface area contributed by atoms with Crippen LogP contribution in [0.4, 0.5) is 0 Å². The van der Waals surface area contributed by atoms with Gasteiger partial charge >= 0.3 is 0 Å². The largest absolute Gasteiger partial charge is 0.379 e. The molecule has 0 aromatic heterocycles. The quantitative estimate of drug-likeness (QED) is 0.747. The van der Waals surface area contributed by atoms with Gasteiger partial charge in [0.2, 0.25) is 5.91 Å². The number of amides is 1. The number of rotatable bonds is 6. The van der Waals surface area contributed by atoms with E-state index >= 15 is 0 Å². The lowest BCUT2D eigenvalue weighted by molar-refractivity contribution is -0.127. The zero-order valence-corrected chi connectivity index (χ0v) is 12.8. The molecule has 0 atom stereocenters. The van der Waals surface area contributed by atoms with Crippen molar-refractivity contribution in [2.24, 2.45) is 5.73 Å². The van der Waals surface area contributed by atoms with E-state index in [2.05, 4.69) is 24.1 Å². The van der Waals surface area contributed by atoms with Gasteiger partial charge in [0, 0.05) is 25.2 Å². The third kappa shape index (κ3) is 4.16. The number of carbonyl (C=O) groups excluding carboxylic acids is 1. The van der Waals surface area contributed by atoms with Crippen molar-refractivity contribution in [1.82, 2.24) is 10.2 Å². The predicted molar refractivity (Wildman–Crippen MR) is 77.0 cm³/mol. The number of ether oxygens (including phenoxy) is 1. The summed E-state index contributed by atoms with van der Waals surface area (Å²) in [7, 11) is 0. The SMILES string of the molecule is CCC(N)(CC)C(=O)NCC(C)(C)N1CCOCC1. The van der Waals surface area contributed by atoms with Crippen molar-refractivity contribution in [3.8, 4) is 0 Å². The molecule has 19 heavy (non-hydrogen) atoms. The van der Waals surface area contributed by atoms with Gasteiger partial charge in [-0.3, -0.25) is 9.69 Å². The number of hydrogen-bond acceptors (Lipinski definition) is 4. The molecule has 0 unspecified atom stereocenters. The molecule has 0 aliphatic carbocycles. The van der Waals surface area contributed by atoms with E-state index in [9.17, 15) is 4.79 Å². The summed E-state index contributed by atoms with van der Waals surface area (Å²) in [5.41, 5.74) is 5.30. The van der Waals surface area contributed by atoms with Crippen molar-refractivity contribution in [2.45, 2.75) is 51.6 Å². The zero-order chi connectivity index (χ0) is 14.5. The number of carbonyl (C=O) groups is 1. The van der Waals surface area contributed by atoms with Crippen LogP contribution in [0.3, 0.4) is 0 Å². The Hall–Kier alpha value is -0.650. The predicted octanol–water partition coefficient (Wildman–Crippen LogP) is 0.731. The molecule has 0 radical (unpaired) electrons. The zero-order valence-electron chi connectivity index (χ0n) is 12.8. The smallest absolute Gasteiger partial charge is 0.240 e. The van der Waals surface area contributed by atoms with E-state index < -0.39 is 5.54 Å². The Bertz CT molecular complexity index is 295. The Kier molecular flexibility index (Phi) is 5.77. The molecule has 5 heteroatoms. The van der Waals surface area contributed by atoms with Crippen LogP contribution in [-0.4, -0.2) is 54.7 Å². The second-order valence-corrected chi connectivity index (χ2v) is 5.96. The second kappa shape index (κ2) is 6.68. The molecule has 1 saturated heterocycles. The van der Waals surface area contributed by atoms with Crippen molar-refractivity contribution in [1.29, 1.82) is 0 Å². The first kappa shape index (κ1) is 16.4. The minimum Gasteiger partial charge on any atom is -0.379 e. The van der Waals surface area contributed by atoms with Crippen molar-refractivity contribution in [3.05, 3.63) is 0 Å². The number of nitrogens with one attached hydrogen (secondary N) is 1. The fraction of sp³-hybridized carbons (Fsp3) is 0.929. The first-order chi connectivity index (χ1) is 8.85. The van der Waals surface area contributed by atoms with Crippen LogP contribution in [0.2, 0.25) is 0 Å². The third-order valence-electron chi connectivity index (χ3n) is 4.26. The highest BCUT2D eigenvalue weighted by atomic mass is 16.5. The molecule has 112 valence electrons. The van der Waals surface area contributed by atoms with Crippen LogP contribution in [-0.2, 0) is 9.53 Å². The summed E-state index contributed by atoms with van der Waals surface area (Å²) in [5, 5.41) is 3.02. The molecule has 0 aromatic rings. The molecule has 0 spiro atoms. The molecule has 1 heterocycles. The lowest BCUT2D eigenvalue weighted by Gasteiger charge is -2.41. The summed E-state index contributed by atoms with van der Waals surface area (Å²) in [5.74, 6) is -0.0427. The number of morpholine rings is 1. The molecule has 0 saturated carbocycles. The van der Waals surface area contributed by atoms with Crippen molar-refractivity contribution in [3.63, 3.8) is 0 Å². The fourth-order valence-corrected chi connectivity index (χ4v) is 2.32. The van der Waals surface area contributed by atoms with Crippen molar-refractivity contribution >= 4 is 5.91 Å². The van der Waals surface area contributed by atoms with Gasteiger partial charge in [-0.1, -0.05) is 13.8 Å². The maximum Gasteiger partial charge on any atom is 0.240 e. The van der Waals surface area contributed by atoms with Gasteiger partial charge in [0.1, 0.15) is 0 Å². The van der Waals surface area contributed by atoms with Gasteiger partial charge in [-0.25, -0.2) is 0 Å². The van der Waals surface area contributed by atoms with Crippen molar-refractivity contribution in [2.75, 3.05) is 32.8 Å². The highest BCUT2D eigenvalue weighted by Gasteiger charge is 2.33. The summed E-state index contributed by atoms with van der Waals surface area (Å²) >= 11 is 0. The summed E-state index contributed by atoms with van der Waals surface area (Å²) in [6, 6.07) is 0. The standard InChI is InChI=1S/C14H29N3O2/c1-5-14(15,6-2)12(18)16-11-13(3,4)17-7-9-19-10-8-17/h5-11,15H2,1-4H3,(H,16,18). The Balaban J connectivity index is 2.52. The molecule has 5 nitrogen and oxygen atoms in total. The molecule has 1 rings (SSSR count). The molecular formula is C14H29N3O2. The van der Waals surface area contributed by atoms with Crippen LogP contribution >= 0.6 is 0 Å². The van der Waals surface area contributed by atoms with Gasteiger partial charge in [0.25, 0.3) is 0 Å². The molecule has 1 amide bonds. The van der Waals surface area contributed by atoms with Gasteiger partial charge in [0.15, 0.2) is 0 Å². The van der Waals surface area contributed by atoms with Gasteiger partial charge in [-0.2, -0.15) is 0 Å². The van der Waals surface area contributed by atoms with Crippen LogP contribution in [0.1, 0.15) is 40.5 Å². The third-order valence-corrected chi connectivity index (χ3v) is 4.26. The summed E-state index contributed by atoms with van der Waals surface area (Å²) < 4.78 is 5.36. The van der Waals surface area contributed by atoms with Gasteiger partial charge in [-0.05, 0) is 26.7 Å². The van der Waals surface area contributed by atoms with Gasteiger partial charge < -0.3 is 15.8 Å². The lowest BCUT2D eigenvalue weighted by Crippen LogP contribution is -2.59. The summed E-state index contributed by atoms with van der Waals surface area (Å²) in [6.07, 6.45) is 1.32. The molecule has 1 aliphatic heterocycles. The maximum absolute atomic E-state index is 12.2. The van der Waals surface area contributed by atoms with E-state index in [-0.39, 0.29) is 11.4 Å². The van der Waals surface area contributed by atoms with Crippen LogP contribution in [0.5, 0.6) is 0 Å². The first-order valence-electron chi connectivity index (χ1n) is 7.25. The van der Waals surface area contributed by atoms with E-state index in [1.165, 1.54) is 0 Å². The molecule has 1 fully saturated rings. The second-order valence-electron chi connectivity index (χ2n) is 5.96. The van der Waals surface area contributed by atoms with E-state index in [1.807, 2.05) is 13.8 Å². The monoisotopic (exact) mass is 271 g/mol. The Morgan fingerprint density at radius 2 is 1.79 bits per heavy atom. The molecular weight excluding hydrogens is 242 g/mol. The van der Waals surface area contributed by atoms with E-state index in [0.717, 1.165) is 26.3 Å². The van der Waals surface area contributed by atoms with Gasteiger partial charge in [-0.15, -0.1) is 0 Å². The maximum atomic E-state index is 12.2. The van der Waals surface area contributed by atoms with Crippen molar-refractivity contribution < 1.29 is 9.53 Å². The van der Waals surface area contributed by atoms with E-state index in [4.69, 9.17) is 10.5 Å². The first-order valence-corrected chi connectivity index (χ1v) is 7.25. The average molecular weight is 271 g/mol. The van der Waals surface area contributed by atoms with E-state index in [0.29, 0.717) is 19.4 Å². The lowest BCUT2D eigenvalue weighted by atomic mass is 9.92. The van der Waals surface area contributed by atoms with Crippen LogP contribution < -0.4 is 11.1 Å². The normalized spacial score (nSPS) is 18.4. The average Bonchev–Trinajstić information content (AvgIpc) is 2.44. The van der Waals surface area contributed by atoms with E-state index in [1.54, 1.807) is 0 Å². The highest BCUT2D eigenvalue weighted by molar-refractivity contribution is 5.85. The van der Waals surface area contributed by atoms with Crippen LogP contribution in [0.25, 0.3) is 0 Å². The van der Waals surface area contributed by atoms with Crippen LogP contribution in [0.15, 0.2) is 0 Å². The fourth-order valence-electron chi connectivity index (χ4n) is 2.32. The number of nitrogens with two attached hydrogens (primary N) is 1. The number of hydrogen-bond donors (Lipinski definition) is 2. The Morgan fingerprint density at radius 1 is 1.26 bits per heavy atom. The van der Waals surface area contributed by atoms with Gasteiger partial charge in [0.05, 0.1) is 18.8 Å². The summed E-state index contributed by atoms with van der Waals surface area (Å²) in [4.78, 5) is 14.5. The Morgan fingerprint density at radius 3 is 2.26 bits per heavy atom.